The fourth-order valence-corrected chi connectivity index (χ4v) is 4.97. The predicted molar refractivity (Wildman–Crippen MR) is 140 cm³/mol. The number of carbonyl (C=O) groups excluding carboxylic acids is 1. The van der Waals surface area contributed by atoms with Crippen LogP contribution in [-0.2, 0) is 4.79 Å². The SMILES string of the molecule is CCCN1C(=O)C(=Cc2cn(-c3ccccc3)nc2-c2ccc(OC(C)C)c(C)c2)SC1=S. The summed E-state index contributed by atoms with van der Waals surface area (Å²) in [5.74, 6) is 0.820. The number of benzene rings is 2. The lowest BCUT2D eigenvalue weighted by molar-refractivity contribution is -0.122. The maximum atomic E-state index is 12.9. The van der Waals surface area contributed by atoms with E-state index in [9.17, 15) is 4.79 Å². The highest BCUT2D eigenvalue weighted by atomic mass is 32.2. The maximum absolute atomic E-state index is 12.9. The van der Waals surface area contributed by atoms with E-state index in [1.54, 1.807) is 4.90 Å². The van der Waals surface area contributed by atoms with E-state index in [4.69, 9.17) is 22.1 Å². The third-order valence-corrected chi connectivity index (χ3v) is 6.56. The van der Waals surface area contributed by atoms with E-state index in [0.29, 0.717) is 15.8 Å². The lowest BCUT2D eigenvalue weighted by atomic mass is 10.0. The van der Waals surface area contributed by atoms with Crippen LogP contribution in [0.15, 0.2) is 59.6 Å². The molecule has 0 radical (unpaired) electrons. The number of thiocarbonyl (C=S) groups is 1. The molecule has 1 fully saturated rings. The summed E-state index contributed by atoms with van der Waals surface area (Å²) in [6.45, 7) is 8.74. The van der Waals surface area contributed by atoms with Gasteiger partial charge in [-0.25, -0.2) is 4.68 Å². The van der Waals surface area contributed by atoms with Crippen LogP contribution in [0.25, 0.3) is 23.0 Å². The number of carbonyl (C=O) groups is 1. The minimum absolute atomic E-state index is 0.0397. The zero-order valence-corrected chi connectivity index (χ0v) is 20.9. The van der Waals surface area contributed by atoms with E-state index in [1.165, 1.54) is 11.8 Å². The highest BCUT2D eigenvalue weighted by molar-refractivity contribution is 8.26. The first-order chi connectivity index (χ1) is 15.9. The molecule has 5 nitrogen and oxygen atoms in total. The first-order valence-electron chi connectivity index (χ1n) is 11.1. The normalized spacial score (nSPS) is 15.2. The van der Waals surface area contributed by atoms with Crippen molar-refractivity contribution in [3.63, 3.8) is 0 Å². The van der Waals surface area contributed by atoms with Gasteiger partial charge in [0.05, 0.1) is 16.7 Å². The van der Waals surface area contributed by atoms with Gasteiger partial charge in [-0.15, -0.1) is 0 Å². The molecule has 1 saturated heterocycles. The molecule has 1 aromatic heterocycles. The molecule has 4 rings (SSSR count). The van der Waals surface area contributed by atoms with Crippen molar-refractivity contribution in [2.24, 2.45) is 0 Å². The number of aryl methyl sites for hydroxylation is 1. The second-order valence-electron chi connectivity index (χ2n) is 8.19. The Bertz CT molecular complexity index is 1220. The summed E-state index contributed by atoms with van der Waals surface area (Å²) in [4.78, 5) is 15.2. The monoisotopic (exact) mass is 477 g/mol. The molecule has 1 aliphatic heterocycles. The Balaban J connectivity index is 1.79. The smallest absolute Gasteiger partial charge is 0.266 e. The van der Waals surface area contributed by atoms with Crippen molar-refractivity contribution in [3.05, 3.63) is 70.8 Å². The van der Waals surface area contributed by atoms with Gasteiger partial charge in [0.15, 0.2) is 0 Å². The zero-order chi connectivity index (χ0) is 23.5. The maximum Gasteiger partial charge on any atom is 0.266 e. The van der Waals surface area contributed by atoms with E-state index in [0.717, 1.165) is 40.2 Å². The Morgan fingerprint density at radius 1 is 1.18 bits per heavy atom. The van der Waals surface area contributed by atoms with Gasteiger partial charge in [0.1, 0.15) is 15.8 Å². The Morgan fingerprint density at radius 2 is 1.94 bits per heavy atom. The molecule has 0 bridgehead atoms. The molecule has 0 N–H and O–H groups in total. The van der Waals surface area contributed by atoms with Crippen molar-refractivity contribution in [1.29, 1.82) is 0 Å². The Morgan fingerprint density at radius 3 is 2.61 bits per heavy atom. The summed E-state index contributed by atoms with van der Waals surface area (Å²) in [7, 11) is 0. The summed E-state index contributed by atoms with van der Waals surface area (Å²) in [5, 5.41) is 4.89. The fraction of sp³-hybridized carbons (Fsp3) is 0.269. The second-order valence-corrected chi connectivity index (χ2v) is 9.87. The minimum atomic E-state index is -0.0397. The minimum Gasteiger partial charge on any atom is -0.491 e. The van der Waals surface area contributed by atoms with E-state index in [2.05, 4.69) is 6.07 Å². The molecule has 0 spiro atoms. The van der Waals surface area contributed by atoms with Crippen LogP contribution in [-0.4, -0.2) is 37.6 Å². The Hall–Kier alpha value is -2.90. The van der Waals surface area contributed by atoms with E-state index in [-0.39, 0.29) is 12.0 Å². The number of amides is 1. The van der Waals surface area contributed by atoms with Gasteiger partial charge in [0.2, 0.25) is 0 Å². The van der Waals surface area contributed by atoms with Crippen LogP contribution in [0.5, 0.6) is 5.75 Å². The molecule has 1 amide bonds. The molecule has 0 saturated carbocycles. The van der Waals surface area contributed by atoms with Crippen molar-refractivity contribution in [2.45, 2.75) is 40.2 Å². The number of thioether (sulfide) groups is 1. The van der Waals surface area contributed by atoms with Crippen LogP contribution in [0.1, 0.15) is 38.3 Å². The number of aromatic nitrogens is 2. The Kier molecular flexibility index (Phi) is 7.00. The standard InChI is InChI=1S/C26H27N3O2S2/c1-5-13-28-25(30)23(33-26(28)32)15-20-16-29(21-9-7-6-8-10-21)27-24(20)19-11-12-22(18(4)14-19)31-17(2)3/h6-12,14-17H,5,13H2,1-4H3. The fourth-order valence-electron chi connectivity index (χ4n) is 3.67. The highest BCUT2D eigenvalue weighted by Gasteiger charge is 2.31. The van der Waals surface area contributed by atoms with Crippen molar-refractivity contribution >= 4 is 40.3 Å². The topological polar surface area (TPSA) is 47.4 Å². The van der Waals surface area contributed by atoms with Crippen molar-refractivity contribution in [2.75, 3.05) is 6.54 Å². The molecule has 0 aliphatic carbocycles. The molecule has 2 aromatic carbocycles. The van der Waals surface area contributed by atoms with Gasteiger partial charge in [-0.05, 0) is 69.2 Å². The quantitative estimate of drug-likeness (QED) is 0.297. The van der Waals surface area contributed by atoms with Gasteiger partial charge in [0, 0.05) is 23.9 Å². The Labute approximate surface area is 204 Å². The van der Waals surface area contributed by atoms with Crippen molar-refractivity contribution in [3.8, 4) is 22.7 Å². The average Bonchev–Trinajstić information content (AvgIpc) is 3.32. The van der Waals surface area contributed by atoms with Gasteiger partial charge in [-0.1, -0.05) is 49.1 Å². The number of ether oxygens (including phenoxy) is 1. The molecule has 0 atom stereocenters. The molecule has 170 valence electrons. The second kappa shape index (κ2) is 9.93. The van der Waals surface area contributed by atoms with Gasteiger partial charge in [0.25, 0.3) is 5.91 Å². The van der Waals surface area contributed by atoms with Crippen LogP contribution in [0, 0.1) is 6.92 Å². The van der Waals surface area contributed by atoms with Gasteiger partial charge >= 0.3 is 0 Å². The van der Waals surface area contributed by atoms with Crippen LogP contribution in [0.4, 0.5) is 0 Å². The number of nitrogens with zero attached hydrogens (tertiary/aromatic N) is 3. The molecular weight excluding hydrogens is 450 g/mol. The molecule has 3 aromatic rings. The summed E-state index contributed by atoms with van der Waals surface area (Å²) in [5.41, 5.74) is 4.63. The number of hydrogen-bond donors (Lipinski definition) is 0. The van der Waals surface area contributed by atoms with Crippen molar-refractivity contribution < 1.29 is 9.53 Å². The summed E-state index contributed by atoms with van der Waals surface area (Å²) >= 11 is 6.79. The number of para-hydroxylation sites is 1. The molecular formula is C26H27N3O2S2. The first-order valence-corrected chi connectivity index (χ1v) is 12.3. The van der Waals surface area contributed by atoms with Crippen LogP contribution < -0.4 is 4.74 Å². The van der Waals surface area contributed by atoms with E-state index < -0.39 is 0 Å². The van der Waals surface area contributed by atoms with E-state index >= 15 is 0 Å². The van der Waals surface area contributed by atoms with Crippen molar-refractivity contribution in [1.82, 2.24) is 14.7 Å². The molecule has 33 heavy (non-hydrogen) atoms. The van der Waals surface area contributed by atoms with Gasteiger partial charge in [-0.2, -0.15) is 5.10 Å². The van der Waals surface area contributed by atoms with Gasteiger partial charge < -0.3 is 4.74 Å². The summed E-state index contributed by atoms with van der Waals surface area (Å²) in [6.07, 6.45) is 4.84. The highest BCUT2D eigenvalue weighted by Crippen LogP contribution is 2.35. The number of rotatable bonds is 7. The van der Waals surface area contributed by atoms with E-state index in [1.807, 2.05) is 87.1 Å². The third-order valence-electron chi connectivity index (χ3n) is 5.18. The molecule has 2 heterocycles. The lowest BCUT2D eigenvalue weighted by Crippen LogP contribution is -2.28. The third kappa shape index (κ3) is 5.04. The first kappa shape index (κ1) is 23.3. The molecule has 0 unspecified atom stereocenters. The molecule has 7 heteroatoms. The molecule has 1 aliphatic rings. The van der Waals surface area contributed by atoms with Gasteiger partial charge in [-0.3, -0.25) is 9.69 Å². The van der Waals surface area contributed by atoms with Crippen LogP contribution in [0.3, 0.4) is 0 Å². The number of hydrogen-bond acceptors (Lipinski definition) is 5. The van der Waals surface area contributed by atoms with Crippen LogP contribution in [0.2, 0.25) is 0 Å². The average molecular weight is 478 g/mol. The van der Waals surface area contributed by atoms with Crippen LogP contribution >= 0.6 is 24.0 Å². The largest absolute Gasteiger partial charge is 0.491 e. The zero-order valence-electron chi connectivity index (χ0n) is 19.2. The lowest BCUT2D eigenvalue weighted by Gasteiger charge is -2.13. The summed E-state index contributed by atoms with van der Waals surface area (Å²) in [6, 6.07) is 16.0. The summed E-state index contributed by atoms with van der Waals surface area (Å²) < 4.78 is 8.36. The predicted octanol–water partition coefficient (Wildman–Crippen LogP) is 6.25.